The highest BCUT2D eigenvalue weighted by Crippen LogP contribution is 1.88. The third-order valence-corrected chi connectivity index (χ3v) is 1.53. The Morgan fingerprint density at radius 1 is 1.69 bits per heavy atom. The average Bonchev–Trinajstić information content (AvgIpc) is 2.17. The number of carbonyl (C=O) groups excluding carboxylic acids is 1. The number of nitrogens with zero attached hydrogens (tertiary/aromatic N) is 2. The number of amides is 1. The van der Waals surface area contributed by atoms with Gasteiger partial charge in [-0.25, -0.2) is 10.5 Å². The Balaban J connectivity index is 3.13. The molecule has 0 aromatic carbocycles. The number of nitrogen functional groups attached to an aromatic ring is 1. The molecule has 6 heteroatoms. The third-order valence-electron chi connectivity index (χ3n) is 1.53. The lowest BCUT2D eigenvalue weighted by Crippen LogP contribution is -2.33. The van der Waals surface area contributed by atoms with E-state index >= 15 is 0 Å². The third kappa shape index (κ3) is 1.91. The second-order valence-electron chi connectivity index (χ2n) is 2.35. The van der Waals surface area contributed by atoms with Gasteiger partial charge >= 0.3 is 0 Å². The Hall–Kier alpha value is -1.69. The minimum Gasteiger partial charge on any atom is -0.289 e. The van der Waals surface area contributed by atoms with Gasteiger partial charge in [0.1, 0.15) is 5.69 Å². The van der Waals surface area contributed by atoms with Gasteiger partial charge in [-0.05, 0) is 13.0 Å². The first kappa shape index (κ1) is 9.40. The number of carbonyl (C=O) groups is 1. The summed E-state index contributed by atoms with van der Waals surface area (Å²) < 4.78 is 1.19. The van der Waals surface area contributed by atoms with E-state index in [1.165, 1.54) is 16.8 Å². The van der Waals surface area contributed by atoms with Crippen LogP contribution >= 0.6 is 0 Å². The number of aromatic nitrogens is 2. The summed E-state index contributed by atoms with van der Waals surface area (Å²) in [6, 6.07) is 2.61. The Morgan fingerprint density at radius 2 is 2.38 bits per heavy atom. The number of aryl methyl sites for hydroxylation is 1. The van der Waals surface area contributed by atoms with Gasteiger partial charge in [0, 0.05) is 12.6 Å². The van der Waals surface area contributed by atoms with Crippen molar-refractivity contribution in [2.24, 2.45) is 5.84 Å². The second-order valence-corrected chi connectivity index (χ2v) is 2.35. The molecule has 70 valence electrons. The first-order valence-corrected chi connectivity index (χ1v) is 3.78. The molecule has 6 nitrogen and oxygen atoms in total. The maximum Gasteiger partial charge on any atom is 0.285 e. The maximum absolute atomic E-state index is 11.1. The fourth-order valence-electron chi connectivity index (χ4n) is 0.871. The van der Waals surface area contributed by atoms with Gasteiger partial charge in [-0.2, -0.15) is 5.10 Å². The van der Waals surface area contributed by atoms with Crippen LogP contribution in [0, 0.1) is 0 Å². The summed E-state index contributed by atoms with van der Waals surface area (Å²) in [6.07, 6.45) is 0. The number of hydrogen-bond acceptors (Lipinski definition) is 4. The van der Waals surface area contributed by atoms with E-state index in [9.17, 15) is 9.59 Å². The Morgan fingerprint density at radius 3 is 2.92 bits per heavy atom. The van der Waals surface area contributed by atoms with Crippen molar-refractivity contribution in [3.63, 3.8) is 0 Å². The Bertz CT molecular complexity index is 371. The maximum atomic E-state index is 11.1. The van der Waals surface area contributed by atoms with E-state index in [1.54, 1.807) is 6.92 Å². The normalized spacial score (nSPS) is 9.69. The molecule has 0 saturated heterocycles. The number of rotatable bonds is 2. The van der Waals surface area contributed by atoms with Crippen LogP contribution in [-0.2, 0) is 6.54 Å². The first-order chi connectivity index (χ1) is 6.19. The zero-order valence-electron chi connectivity index (χ0n) is 7.15. The van der Waals surface area contributed by atoms with E-state index in [2.05, 4.69) is 5.10 Å². The molecule has 0 aliphatic rings. The van der Waals surface area contributed by atoms with E-state index in [1.807, 2.05) is 5.43 Å². The summed E-state index contributed by atoms with van der Waals surface area (Å²) in [4.78, 5) is 22.0. The Kier molecular flexibility index (Phi) is 2.76. The van der Waals surface area contributed by atoms with Gasteiger partial charge in [0.05, 0.1) is 0 Å². The summed E-state index contributed by atoms with van der Waals surface area (Å²) in [5, 5.41) is 3.77. The van der Waals surface area contributed by atoms with E-state index in [0.29, 0.717) is 6.54 Å². The number of hydrazine groups is 1. The van der Waals surface area contributed by atoms with Crippen molar-refractivity contribution in [2.75, 3.05) is 0 Å². The van der Waals surface area contributed by atoms with Crippen molar-refractivity contribution >= 4 is 5.91 Å². The van der Waals surface area contributed by atoms with Crippen molar-refractivity contribution in [1.82, 2.24) is 15.2 Å². The highest BCUT2D eigenvalue weighted by atomic mass is 16.2. The van der Waals surface area contributed by atoms with Crippen LogP contribution in [-0.4, -0.2) is 15.7 Å². The molecule has 0 unspecified atom stereocenters. The lowest BCUT2D eigenvalue weighted by Gasteiger charge is -2.02. The van der Waals surface area contributed by atoms with Gasteiger partial charge in [-0.1, -0.05) is 0 Å². The predicted molar refractivity (Wildman–Crippen MR) is 45.8 cm³/mol. The molecule has 1 amide bonds. The molecule has 0 fully saturated rings. The molecule has 0 aliphatic carbocycles. The summed E-state index contributed by atoms with van der Waals surface area (Å²) in [7, 11) is 0. The number of hydrogen-bond donors (Lipinski definition) is 2. The lowest BCUT2D eigenvalue weighted by molar-refractivity contribution is 0.0946. The van der Waals surface area contributed by atoms with Crippen LogP contribution in [0.15, 0.2) is 16.9 Å². The van der Waals surface area contributed by atoms with Gasteiger partial charge in [-0.3, -0.25) is 15.0 Å². The molecule has 0 aliphatic heterocycles. The largest absolute Gasteiger partial charge is 0.289 e. The second kappa shape index (κ2) is 3.81. The van der Waals surface area contributed by atoms with Gasteiger partial charge in [0.25, 0.3) is 11.5 Å². The van der Waals surface area contributed by atoms with Crippen molar-refractivity contribution in [3.05, 3.63) is 28.2 Å². The van der Waals surface area contributed by atoms with Crippen LogP contribution in [0.1, 0.15) is 17.4 Å². The van der Waals surface area contributed by atoms with Crippen molar-refractivity contribution in [2.45, 2.75) is 13.5 Å². The van der Waals surface area contributed by atoms with Crippen LogP contribution in [0.3, 0.4) is 0 Å². The van der Waals surface area contributed by atoms with E-state index in [4.69, 9.17) is 5.84 Å². The van der Waals surface area contributed by atoms with Crippen LogP contribution < -0.4 is 16.8 Å². The molecule has 0 atom stereocenters. The fraction of sp³-hybridized carbons (Fsp3) is 0.286. The minimum atomic E-state index is -0.512. The van der Waals surface area contributed by atoms with Gasteiger partial charge in [-0.15, -0.1) is 0 Å². The smallest absolute Gasteiger partial charge is 0.285 e. The average molecular weight is 182 g/mol. The minimum absolute atomic E-state index is 0.129. The van der Waals surface area contributed by atoms with Crippen LogP contribution in [0.5, 0.6) is 0 Å². The summed E-state index contributed by atoms with van der Waals surface area (Å²) >= 11 is 0. The molecule has 1 aromatic heterocycles. The molecule has 0 radical (unpaired) electrons. The Labute approximate surface area is 74.3 Å². The standard InChI is InChI=1S/C7H10N4O2/c1-2-11-6(12)4-3-5(10-11)7(13)9-8/h3-4H,2,8H2,1H3,(H,9,13). The molecule has 0 spiro atoms. The molecule has 1 rings (SSSR count). The van der Waals surface area contributed by atoms with E-state index < -0.39 is 5.91 Å². The SMILES string of the molecule is CCn1nc(C(=O)NN)ccc1=O. The van der Waals surface area contributed by atoms with Gasteiger partial charge < -0.3 is 0 Å². The molecular formula is C7H10N4O2. The zero-order chi connectivity index (χ0) is 9.84. The van der Waals surface area contributed by atoms with Crippen LogP contribution in [0.4, 0.5) is 0 Å². The molecular weight excluding hydrogens is 172 g/mol. The molecule has 1 heterocycles. The van der Waals surface area contributed by atoms with Crippen LogP contribution in [0.2, 0.25) is 0 Å². The highest BCUT2D eigenvalue weighted by molar-refractivity contribution is 5.91. The summed E-state index contributed by atoms with van der Waals surface area (Å²) in [6.45, 7) is 2.18. The van der Waals surface area contributed by atoms with Crippen molar-refractivity contribution in [1.29, 1.82) is 0 Å². The number of nitrogens with two attached hydrogens (primary N) is 1. The van der Waals surface area contributed by atoms with E-state index in [-0.39, 0.29) is 11.3 Å². The molecule has 13 heavy (non-hydrogen) atoms. The van der Waals surface area contributed by atoms with Gasteiger partial charge in [0.15, 0.2) is 0 Å². The molecule has 0 bridgehead atoms. The zero-order valence-corrected chi connectivity index (χ0v) is 7.15. The summed E-state index contributed by atoms with van der Waals surface area (Å²) in [5.41, 5.74) is 1.82. The fourth-order valence-corrected chi connectivity index (χ4v) is 0.871. The monoisotopic (exact) mass is 182 g/mol. The molecule has 0 saturated carbocycles. The molecule has 3 N–H and O–H groups in total. The first-order valence-electron chi connectivity index (χ1n) is 3.78. The summed E-state index contributed by atoms with van der Waals surface area (Å²) in [5.74, 6) is 4.39. The topological polar surface area (TPSA) is 90.0 Å². The quantitative estimate of drug-likeness (QED) is 0.344. The van der Waals surface area contributed by atoms with Crippen molar-refractivity contribution in [3.8, 4) is 0 Å². The van der Waals surface area contributed by atoms with Gasteiger partial charge in [0.2, 0.25) is 0 Å². The van der Waals surface area contributed by atoms with E-state index in [0.717, 1.165) is 0 Å². The predicted octanol–water partition coefficient (Wildman–Crippen LogP) is -1.13. The lowest BCUT2D eigenvalue weighted by atomic mass is 10.4. The van der Waals surface area contributed by atoms with Crippen molar-refractivity contribution < 1.29 is 4.79 Å². The number of nitrogens with one attached hydrogen (secondary N) is 1. The van der Waals surface area contributed by atoms with Crippen LogP contribution in [0.25, 0.3) is 0 Å². The molecule has 1 aromatic rings. The highest BCUT2D eigenvalue weighted by Gasteiger charge is 2.06.